The smallest absolute Gasteiger partial charge is 0.309 e. The summed E-state index contributed by atoms with van der Waals surface area (Å²) in [5, 5.41) is 11.5. The Morgan fingerprint density at radius 1 is 0.872 bits per heavy atom. The van der Waals surface area contributed by atoms with Crippen molar-refractivity contribution in [3.63, 3.8) is 0 Å². The van der Waals surface area contributed by atoms with Crippen LogP contribution in [0, 0.1) is 24.0 Å². The van der Waals surface area contributed by atoms with Gasteiger partial charge in [0.15, 0.2) is 0 Å². The second kappa shape index (κ2) is 10.3. The molecule has 0 aliphatic carbocycles. The number of carboxylic acid groups (broad SMARTS) is 1. The minimum Gasteiger partial charge on any atom is -0.481 e. The topological polar surface area (TPSA) is 42.2 Å². The molecule has 39 heavy (non-hydrogen) atoms. The molecule has 0 spiro atoms. The van der Waals surface area contributed by atoms with Gasteiger partial charge in [-0.2, -0.15) is 0 Å². The third kappa shape index (κ3) is 5.19. The Morgan fingerprint density at radius 3 is 2.18 bits per heavy atom. The molecular weight excluding hydrogens is 516 g/mol. The first-order chi connectivity index (χ1) is 18.5. The maximum absolute atomic E-state index is 15.2. The summed E-state index contributed by atoms with van der Waals surface area (Å²) in [4.78, 5) is 12.0. The monoisotopic (exact) mass is 543 g/mol. The molecule has 0 saturated carbocycles. The average molecular weight is 544 g/mol. The summed E-state index contributed by atoms with van der Waals surface area (Å²) in [5.41, 5.74) is 4.88. The zero-order valence-corrected chi connectivity index (χ0v) is 22.7. The molecule has 3 nitrogen and oxygen atoms in total. The van der Waals surface area contributed by atoms with Crippen LogP contribution in [0.4, 0.5) is 8.78 Å². The third-order valence-corrected chi connectivity index (χ3v) is 7.61. The van der Waals surface area contributed by atoms with Crippen LogP contribution in [0.5, 0.6) is 0 Å². The van der Waals surface area contributed by atoms with E-state index in [0.717, 1.165) is 33.3 Å². The maximum atomic E-state index is 15.2. The number of hydrogen-bond acceptors (Lipinski definition) is 1. The molecular formula is C33H28ClF2NO2. The molecule has 5 rings (SSSR count). The molecule has 0 radical (unpaired) electrons. The van der Waals surface area contributed by atoms with Crippen LogP contribution in [0.3, 0.4) is 0 Å². The number of nitrogens with zero attached hydrogens (tertiary/aromatic N) is 1. The molecule has 0 atom stereocenters. The largest absolute Gasteiger partial charge is 0.481 e. The Kier molecular flexibility index (Phi) is 7.04. The van der Waals surface area contributed by atoms with E-state index in [9.17, 15) is 14.3 Å². The molecule has 198 valence electrons. The standard InChI is InChI=1S/C33H28ClF2NO2/c1-20-27-16-22(23-10-14-26(29(36)17-23)25-6-4-5-7-28(25)35)11-15-30(27)37(19-21-8-12-24(34)13-9-21)31(20)18-33(2,3)32(38)39/h4-17H,18-19H2,1-3H3,(H,38,39). The number of aryl methyl sites for hydroxylation is 1. The van der Waals surface area contributed by atoms with E-state index in [1.807, 2.05) is 49.4 Å². The number of benzene rings is 4. The Hall–Kier alpha value is -3.96. The first kappa shape index (κ1) is 26.6. The summed E-state index contributed by atoms with van der Waals surface area (Å²) >= 11 is 6.09. The van der Waals surface area contributed by atoms with Gasteiger partial charge in [0, 0.05) is 45.7 Å². The van der Waals surface area contributed by atoms with Crippen LogP contribution in [0.1, 0.15) is 30.7 Å². The lowest BCUT2D eigenvalue weighted by Crippen LogP contribution is -2.27. The van der Waals surface area contributed by atoms with Gasteiger partial charge in [0.05, 0.1) is 5.41 Å². The van der Waals surface area contributed by atoms with Gasteiger partial charge in [-0.1, -0.05) is 60.1 Å². The number of hydrogen-bond donors (Lipinski definition) is 1. The lowest BCUT2D eigenvalue weighted by molar-refractivity contribution is -0.146. The molecule has 0 saturated heterocycles. The summed E-state index contributed by atoms with van der Waals surface area (Å²) in [6.07, 6.45) is 0.345. The Bertz CT molecular complexity index is 1700. The van der Waals surface area contributed by atoms with Crippen molar-refractivity contribution in [3.05, 3.63) is 118 Å². The van der Waals surface area contributed by atoms with Gasteiger partial charge in [0.1, 0.15) is 11.6 Å². The molecule has 0 bridgehead atoms. The molecule has 1 heterocycles. The van der Waals surface area contributed by atoms with Crippen molar-refractivity contribution < 1.29 is 18.7 Å². The maximum Gasteiger partial charge on any atom is 0.309 e. The van der Waals surface area contributed by atoms with Crippen molar-refractivity contribution in [2.45, 2.75) is 33.7 Å². The van der Waals surface area contributed by atoms with Crippen LogP contribution in [0.25, 0.3) is 33.2 Å². The van der Waals surface area contributed by atoms with Crippen LogP contribution in [-0.4, -0.2) is 15.6 Å². The second-order valence-electron chi connectivity index (χ2n) is 10.6. The second-order valence-corrected chi connectivity index (χ2v) is 11.0. The van der Waals surface area contributed by atoms with Gasteiger partial charge in [0.2, 0.25) is 0 Å². The van der Waals surface area contributed by atoms with Crippen molar-refractivity contribution in [2.24, 2.45) is 5.41 Å². The fraction of sp³-hybridized carbons (Fsp3) is 0.182. The molecule has 0 unspecified atom stereocenters. The van der Waals surface area contributed by atoms with E-state index in [1.54, 1.807) is 44.2 Å². The Labute approximate surface area is 231 Å². The number of carbonyl (C=O) groups is 1. The van der Waals surface area contributed by atoms with E-state index in [-0.39, 0.29) is 11.1 Å². The molecule has 6 heteroatoms. The van der Waals surface area contributed by atoms with Gasteiger partial charge in [0.25, 0.3) is 0 Å². The number of fused-ring (bicyclic) bond motifs is 1. The Balaban J connectivity index is 1.61. The van der Waals surface area contributed by atoms with Gasteiger partial charge in [-0.15, -0.1) is 0 Å². The summed E-state index contributed by atoms with van der Waals surface area (Å²) in [5.74, 6) is -1.84. The predicted molar refractivity (Wildman–Crippen MR) is 153 cm³/mol. The summed E-state index contributed by atoms with van der Waals surface area (Å²) in [6, 6.07) is 24.5. The molecule has 4 aromatic carbocycles. The summed E-state index contributed by atoms with van der Waals surface area (Å²) in [7, 11) is 0. The zero-order chi connectivity index (χ0) is 27.9. The van der Waals surface area contributed by atoms with Crippen LogP contribution >= 0.6 is 11.6 Å². The minimum atomic E-state index is -0.967. The third-order valence-electron chi connectivity index (χ3n) is 7.36. The molecule has 1 aromatic heterocycles. The van der Waals surface area contributed by atoms with Crippen molar-refractivity contribution in [2.75, 3.05) is 0 Å². The number of rotatable bonds is 7. The lowest BCUT2D eigenvalue weighted by atomic mass is 9.87. The molecule has 0 fully saturated rings. The van der Waals surface area contributed by atoms with Crippen molar-refractivity contribution in [3.8, 4) is 22.3 Å². The molecule has 0 amide bonds. The van der Waals surface area contributed by atoms with Crippen molar-refractivity contribution in [1.82, 2.24) is 4.57 Å². The average Bonchev–Trinajstić information content (AvgIpc) is 3.15. The van der Waals surface area contributed by atoms with Gasteiger partial charge in [-0.3, -0.25) is 4.79 Å². The SMILES string of the molecule is Cc1c(CC(C)(C)C(=O)O)n(Cc2ccc(Cl)cc2)c2ccc(-c3ccc(-c4ccccc4F)c(F)c3)cc12. The van der Waals surface area contributed by atoms with Gasteiger partial charge >= 0.3 is 5.97 Å². The lowest BCUT2D eigenvalue weighted by Gasteiger charge is -2.21. The zero-order valence-electron chi connectivity index (χ0n) is 21.9. The van der Waals surface area contributed by atoms with Crippen LogP contribution < -0.4 is 0 Å². The highest BCUT2D eigenvalue weighted by atomic mass is 35.5. The van der Waals surface area contributed by atoms with Crippen molar-refractivity contribution >= 4 is 28.5 Å². The van der Waals surface area contributed by atoms with E-state index in [0.29, 0.717) is 23.6 Å². The molecule has 0 aliphatic heterocycles. The van der Waals surface area contributed by atoms with E-state index >= 15 is 4.39 Å². The van der Waals surface area contributed by atoms with Crippen LogP contribution in [0.15, 0.2) is 84.9 Å². The van der Waals surface area contributed by atoms with E-state index in [2.05, 4.69) is 4.57 Å². The van der Waals surface area contributed by atoms with Gasteiger partial charge in [-0.25, -0.2) is 8.78 Å². The quantitative estimate of drug-likeness (QED) is 0.223. The first-order valence-electron chi connectivity index (χ1n) is 12.7. The molecule has 1 N–H and O–H groups in total. The molecule has 0 aliphatic rings. The molecule has 5 aromatic rings. The van der Waals surface area contributed by atoms with E-state index in [4.69, 9.17) is 11.6 Å². The number of halogens is 3. The van der Waals surface area contributed by atoms with Crippen LogP contribution in [0.2, 0.25) is 5.02 Å². The summed E-state index contributed by atoms with van der Waals surface area (Å²) in [6.45, 7) is 6.01. The highest BCUT2D eigenvalue weighted by Gasteiger charge is 2.30. The van der Waals surface area contributed by atoms with Crippen LogP contribution in [-0.2, 0) is 17.8 Å². The fourth-order valence-electron chi connectivity index (χ4n) is 5.02. The predicted octanol–water partition coefficient (Wildman–Crippen LogP) is 8.92. The Morgan fingerprint density at radius 2 is 1.51 bits per heavy atom. The fourth-order valence-corrected chi connectivity index (χ4v) is 5.15. The van der Waals surface area contributed by atoms with E-state index < -0.39 is 23.0 Å². The number of carboxylic acids is 1. The highest BCUT2D eigenvalue weighted by Crippen LogP contribution is 2.36. The normalized spacial score (nSPS) is 11.7. The van der Waals surface area contributed by atoms with Gasteiger partial charge in [-0.05, 0) is 79.4 Å². The van der Waals surface area contributed by atoms with E-state index in [1.165, 1.54) is 12.1 Å². The summed E-state index contributed by atoms with van der Waals surface area (Å²) < 4.78 is 31.6. The van der Waals surface area contributed by atoms with Crippen molar-refractivity contribution in [1.29, 1.82) is 0 Å². The highest BCUT2D eigenvalue weighted by molar-refractivity contribution is 6.30. The first-order valence-corrected chi connectivity index (χ1v) is 13.1. The number of aliphatic carboxylic acids is 1. The van der Waals surface area contributed by atoms with Gasteiger partial charge < -0.3 is 9.67 Å². The minimum absolute atomic E-state index is 0.210. The number of aromatic nitrogens is 1.